The van der Waals surface area contributed by atoms with E-state index in [1.807, 2.05) is 12.3 Å². The highest BCUT2D eigenvalue weighted by Crippen LogP contribution is 2.25. The minimum absolute atomic E-state index is 0.00235. The van der Waals surface area contributed by atoms with Crippen molar-refractivity contribution in [2.24, 2.45) is 0 Å². The van der Waals surface area contributed by atoms with Crippen LogP contribution in [0.2, 0.25) is 0 Å². The molecule has 0 radical (unpaired) electrons. The van der Waals surface area contributed by atoms with Gasteiger partial charge in [-0.2, -0.15) is 0 Å². The molecule has 0 saturated heterocycles. The first-order valence-electron chi connectivity index (χ1n) is 19.3. The Kier molecular flexibility index (Phi) is 21.3. The summed E-state index contributed by atoms with van der Waals surface area (Å²) in [5.41, 5.74) is 0.847. The van der Waals surface area contributed by atoms with Gasteiger partial charge >= 0.3 is 5.97 Å². The van der Waals surface area contributed by atoms with Gasteiger partial charge in [0.15, 0.2) is 16.6 Å². The van der Waals surface area contributed by atoms with Crippen LogP contribution in [0.25, 0.3) is 4.96 Å². The van der Waals surface area contributed by atoms with Crippen LogP contribution in [-0.2, 0) is 44.6 Å². The minimum atomic E-state index is -1.11. The average Bonchev–Trinajstić information content (AvgIpc) is 3.86. The lowest BCUT2D eigenvalue weighted by atomic mass is 10.1. The van der Waals surface area contributed by atoms with E-state index in [0.717, 1.165) is 12.1 Å². The molecule has 0 atom stereocenters. The molecule has 0 spiro atoms. The summed E-state index contributed by atoms with van der Waals surface area (Å²) in [5.74, 6) is -5.04. The van der Waals surface area contributed by atoms with Crippen LogP contribution in [0, 0.1) is 11.6 Å². The van der Waals surface area contributed by atoms with Crippen LogP contribution in [0.1, 0.15) is 52.6 Å². The second-order valence-electron chi connectivity index (χ2n) is 12.6. The number of nitrogens with zero attached hydrogens (tertiary/aromatic N) is 2. The Morgan fingerprint density at radius 3 is 1.98 bits per heavy atom. The molecule has 0 saturated carbocycles. The maximum atomic E-state index is 14.7. The monoisotopic (exact) mass is 863 g/mol. The third-order valence-corrected chi connectivity index (χ3v) is 8.94. The molecule has 0 unspecified atom stereocenters. The fourth-order valence-corrected chi connectivity index (χ4v) is 5.91. The Bertz CT molecular complexity index is 1910. The Hall–Kier alpha value is -5.09. The summed E-state index contributed by atoms with van der Waals surface area (Å²) in [6, 6.07) is 6.53. The SMILES string of the molecule is CCOCCOCCOCCOCCOCCOCCC(=O)Oc1c(F)cc(CNC(=O)CCCNC(=O)c2cc(NC(=O)c3cn4ccsc4n3)ccc2OC)cc1F. The third kappa shape index (κ3) is 16.9. The topological polar surface area (TPSA) is 196 Å². The molecule has 60 heavy (non-hydrogen) atoms. The number of hydrogen-bond donors (Lipinski definition) is 3. The van der Waals surface area contributed by atoms with Gasteiger partial charge in [-0.15, -0.1) is 11.3 Å². The zero-order valence-corrected chi connectivity index (χ0v) is 34.4. The lowest BCUT2D eigenvalue weighted by Gasteiger charge is -2.12. The van der Waals surface area contributed by atoms with Crippen molar-refractivity contribution in [3.63, 3.8) is 0 Å². The van der Waals surface area contributed by atoms with Crippen LogP contribution in [-0.4, -0.2) is 126 Å². The number of halogens is 2. The minimum Gasteiger partial charge on any atom is -0.496 e. The molecule has 2 aromatic carbocycles. The Morgan fingerprint density at radius 1 is 0.767 bits per heavy atom. The zero-order valence-electron chi connectivity index (χ0n) is 33.6. The van der Waals surface area contributed by atoms with Crippen molar-refractivity contribution >= 4 is 45.7 Å². The number of nitrogens with one attached hydrogen (secondary N) is 3. The van der Waals surface area contributed by atoms with E-state index in [9.17, 15) is 28.0 Å². The average molecular weight is 864 g/mol. The lowest BCUT2D eigenvalue weighted by Crippen LogP contribution is -2.27. The molecule has 3 N–H and O–H groups in total. The van der Waals surface area contributed by atoms with Crippen LogP contribution in [0.15, 0.2) is 48.1 Å². The van der Waals surface area contributed by atoms with E-state index in [-0.39, 0.29) is 74.7 Å². The number of carbonyl (C=O) groups is 4. The van der Waals surface area contributed by atoms with Crippen molar-refractivity contribution in [3.05, 3.63) is 76.6 Å². The molecule has 4 rings (SSSR count). The lowest BCUT2D eigenvalue weighted by molar-refractivity contribution is -0.136. The van der Waals surface area contributed by atoms with Crippen LogP contribution in [0.3, 0.4) is 0 Å². The second kappa shape index (κ2) is 26.9. The van der Waals surface area contributed by atoms with Gasteiger partial charge in [0.2, 0.25) is 11.7 Å². The first-order chi connectivity index (χ1) is 29.2. The Morgan fingerprint density at radius 2 is 1.38 bits per heavy atom. The van der Waals surface area contributed by atoms with Crippen molar-refractivity contribution in [1.82, 2.24) is 20.0 Å². The molecular weight excluding hydrogens is 813 g/mol. The van der Waals surface area contributed by atoms with Gasteiger partial charge in [-0.25, -0.2) is 13.8 Å². The fourth-order valence-electron chi connectivity index (χ4n) is 5.21. The summed E-state index contributed by atoms with van der Waals surface area (Å²) in [4.78, 5) is 55.2. The number of rotatable bonds is 30. The molecule has 0 aliphatic rings. The van der Waals surface area contributed by atoms with E-state index >= 15 is 0 Å². The normalized spacial score (nSPS) is 11.1. The number of imidazole rings is 1. The second-order valence-corrected chi connectivity index (χ2v) is 13.5. The number of fused-ring (bicyclic) bond motifs is 1. The number of carbonyl (C=O) groups excluding carboxylic acids is 4. The number of anilines is 1. The van der Waals surface area contributed by atoms with Crippen molar-refractivity contribution in [2.45, 2.75) is 32.7 Å². The summed E-state index contributed by atoms with van der Waals surface area (Å²) in [6.45, 7) is 6.55. The highest BCUT2D eigenvalue weighted by molar-refractivity contribution is 7.15. The molecule has 3 amide bonds. The Labute approximate surface area is 349 Å². The number of aromatic nitrogens is 2. The van der Waals surface area contributed by atoms with Crippen LogP contribution in [0.5, 0.6) is 11.5 Å². The molecule has 0 aliphatic heterocycles. The van der Waals surface area contributed by atoms with Crippen molar-refractivity contribution < 1.29 is 65.9 Å². The van der Waals surface area contributed by atoms with Gasteiger partial charge in [0.05, 0.1) is 91.8 Å². The summed E-state index contributed by atoms with van der Waals surface area (Å²) in [7, 11) is 1.41. The molecule has 17 nitrogen and oxygen atoms in total. The molecule has 4 aromatic rings. The molecule has 0 fully saturated rings. The smallest absolute Gasteiger partial charge is 0.313 e. The van der Waals surface area contributed by atoms with Crippen LogP contribution < -0.4 is 25.4 Å². The number of hydrogen-bond acceptors (Lipinski definition) is 14. The van der Waals surface area contributed by atoms with Gasteiger partial charge in [-0.1, -0.05) is 0 Å². The first-order valence-corrected chi connectivity index (χ1v) is 20.2. The van der Waals surface area contributed by atoms with E-state index in [1.165, 1.54) is 24.5 Å². The number of thiazole rings is 1. The van der Waals surface area contributed by atoms with Gasteiger partial charge in [0.1, 0.15) is 11.4 Å². The number of amides is 3. The maximum absolute atomic E-state index is 14.7. The van der Waals surface area contributed by atoms with Gasteiger partial charge < -0.3 is 53.8 Å². The number of ether oxygens (including phenoxy) is 8. The third-order valence-electron chi connectivity index (χ3n) is 8.17. The standard InChI is InChI=1S/C40H51F2N5O12S/c1-3-53-12-13-55-16-17-57-20-21-58-19-18-56-15-14-54-11-8-36(49)59-37-31(41)23-28(24-32(37)42)26-44-35(48)5-4-9-43-38(50)30-25-29(6-7-34(30)52-2)45-39(51)33-27-47-10-22-60-40(47)46-33/h6-7,10,22-25,27H,3-5,8-9,11-21,26H2,1-2H3,(H,43,50)(H,44,48)(H,45,51). The Balaban J connectivity index is 1.04. The molecule has 0 aliphatic carbocycles. The molecule has 2 heterocycles. The van der Waals surface area contributed by atoms with E-state index in [4.69, 9.17) is 37.9 Å². The predicted molar refractivity (Wildman–Crippen MR) is 215 cm³/mol. The highest BCUT2D eigenvalue weighted by atomic mass is 32.1. The van der Waals surface area contributed by atoms with Gasteiger partial charge in [0, 0.05) is 49.6 Å². The molecule has 0 bridgehead atoms. The fraction of sp³-hybridized carbons (Fsp3) is 0.475. The largest absolute Gasteiger partial charge is 0.496 e. The zero-order chi connectivity index (χ0) is 43.0. The van der Waals surface area contributed by atoms with Crippen LogP contribution in [0.4, 0.5) is 14.5 Å². The molecule has 328 valence electrons. The number of methoxy groups -OCH3 is 1. The number of benzene rings is 2. The maximum Gasteiger partial charge on any atom is 0.313 e. The van der Waals surface area contributed by atoms with Gasteiger partial charge in [-0.05, 0) is 49.2 Å². The van der Waals surface area contributed by atoms with Crippen molar-refractivity contribution in [1.29, 1.82) is 0 Å². The van der Waals surface area contributed by atoms with Crippen molar-refractivity contribution in [2.75, 3.05) is 98.3 Å². The van der Waals surface area contributed by atoms with E-state index in [0.29, 0.717) is 70.1 Å². The summed E-state index contributed by atoms with van der Waals surface area (Å²) < 4.78 is 73.3. The van der Waals surface area contributed by atoms with E-state index in [1.54, 1.807) is 28.9 Å². The summed E-state index contributed by atoms with van der Waals surface area (Å²) in [5, 5.41) is 9.86. The first kappa shape index (κ1) is 47.6. The van der Waals surface area contributed by atoms with Crippen LogP contribution >= 0.6 is 11.3 Å². The van der Waals surface area contributed by atoms with E-state index < -0.39 is 41.1 Å². The van der Waals surface area contributed by atoms with E-state index in [2.05, 4.69) is 20.9 Å². The molecular formula is C40H51F2N5O12S. The predicted octanol–water partition coefficient (Wildman–Crippen LogP) is 4.18. The molecule has 2 aromatic heterocycles. The van der Waals surface area contributed by atoms with Gasteiger partial charge in [0.25, 0.3) is 11.8 Å². The van der Waals surface area contributed by atoms with Gasteiger partial charge in [-0.3, -0.25) is 23.6 Å². The number of esters is 1. The summed E-state index contributed by atoms with van der Waals surface area (Å²) in [6.07, 6.45) is 3.39. The summed E-state index contributed by atoms with van der Waals surface area (Å²) >= 11 is 1.39. The highest BCUT2D eigenvalue weighted by Gasteiger charge is 2.19. The molecule has 20 heteroatoms. The van der Waals surface area contributed by atoms with Crippen molar-refractivity contribution in [3.8, 4) is 11.5 Å². The quantitative estimate of drug-likeness (QED) is 0.0384.